The zero-order valence-corrected chi connectivity index (χ0v) is 9.93. The number of rotatable bonds is 2. The van der Waals surface area contributed by atoms with Crippen LogP contribution in [0, 0.1) is 17.7 Å². The second-order valence-electron chi connectivity index (χ2n) is 4.60. The van der Waals surface area contributed by atoms with Crippen LogP contribution in [0.2, 0.25) is 5.02 Å². The van der Waals surface area contributed by atoms with Gasteiger partial charge in [-0.2, -0.15) is 0 Å². The molecular weight excluding hydrogens is 227 g/mol. The summed E-state index contributed by atoms with van der Waals surface area (Å²) in [4.78, 5) is 12.0. The summed E-state index contributed by atoms with van der Waals surface area (Å²) in [6.45, 7) is 2.13. The molecule has 2 atom stereocenters. The highest BCUT2D eigenvalue weighted by Crippen LogP contribution is 2.33. The van der Waals surface area contributed by atoms with E-state index in [0.717, 1.165) is 19.3 Å². The highest BCUT2D eigenvalue weighted by atomic mass is 35.5. The topological polar surface area (TPSA) is 17.1 Å². The monoisotopic (exact) mass is 240 g/mol. The number of Topliss-reactive ketones (excluding diaryl/α,β-unsaturated/α-hetero) is 1. The lowest BCUT2D eigenvalue weighted by atomic mass is 9.95. The second kappa shape index (κ2) is 4.54. The van der Waals surface area contributed by atoms with Crippen LogP contribution in [0.4, 0.5) is 4.39 Å². The molecule has 0 heterocycles. The molecular formula is C13H14ClFO. The van der Waals surface area contributed by atoms with Gasteiger partial charge in [0.25, 0.3) is 0 Å². The Morgan fingerprint density at radius 1 is 1.44 bits per heavy atom. The van der Waals surface area contributed by atoms with Gasteiger partial charge in [-0.3, -0.25) is 4.79 Å². The molecule has 0 N–H and O–H groups in total. The van der Waals surface area contributed by atoms with E-state index in [0.29, 0.717) is 10.9 Å². The fourth-order valence-corrected chi connectivity index (χ4v) is 2.51. The summed E-state index contributed by atoms with van der Waals surface area (Å²) in [5.41, 5.74) is 0.184. The average molecular weight is 241 g/mol. The van der Waals surface area contributed by atoms with Crippen molar-refractivity contribution in [3.8, 4) is 0 Å². The van der Waals surface area contributed by atoms with Gasteiger partial charge in [0.15, 0.2) is 5.78 Å². The first-order valence-corrected chi connectivity index (χ1v) is 5.95. The number of halogens is 2. The minimum absolute atomic E-state index is 0.00863. The van der Waals surface area contributed by atoms with Crippen LogP contribution >= 0.6 is 11.6 Å². The van der Waals surface area contributed by atoms with Gasteiger partial charge in [0.2, 0.25) is 0 Å². The number of hydrogen-bond donors (Lipinski definition) is 0. The molecule has 3 heteroatoms. The number of benzene rings is 1. The van der Waals surface area contributed by atoms with Crippen LogP contribution in [-0.4, -0.2) is 5.78 Å². The Morgan fingerprint density at radius 2 is 2.19 bits per heavy atom. The summed E-state index contributed by atoms with van der Waals surface area (Å²) >= 11 is 5.65. The molecule has 0 spiro atoms. The molecule has 1 aromatic carbocycles. The molecule has 1 aromatic rings. The molecule has 86 valence electrons. The van der Waals surface area contributed by atoms with Gasteiger partial charge >= 0.3 is 0 Å². The summed E-state index contributed by atoms with van der Waals surface area (Å²) < 4.78 is 13.5. The van der Waals surface area contributed by atoms with Crippen molar-refractivity contribution >= 4 is 17.4 Å². The number of carbonyl (C=O) groups is 1. The molecule has 0 aliphatic heterocycles. The van der Waals surface area contributed by atoms with E-state index in [1.807, 2.05) is 0 Å². The Morgan fingerprint density at radius 3 is 2.75 bits per heavy atom. The number of hydrogen-bond acceptors (Lipinski definition) is 1. The molecule has 2 unspecified atom stereocenters. The highest BCUT2D eigenvalue weighted by Gasteiger charge is 2.29. The average Bonchev–Trinajstić information content (AvgIpc) is 2.64. The molecule has 1 nitrogen and oxygen atoms in total. The Bertz CT molecular complexity index is 416. The summed E-state index contributed by atoms with van der Waals surface area (Å²) in [7, 11) is 0. The predicted molar refractivity (Wildman–Crippen MR) is 62.2 cm³/mol. The van der Waals surface area contributed by atoms with Crippen LogP contribution in [0.3, 0.4) is 0 Å². The first-order valence-electron chi connectivity index (χ1n) is 5.57. The summed E-state index contributed by atoms with van der Waals surface area (Å²) in [6.07, 6.45) is 2.81. The fourth-order valence-electron chi connectivity index (χ4n) is 2.35. The van der Waals surface area contributed by atoms with E-state index < -0.39 is 5.82 Å². The number of carbonyl (C=O) groups excluding carboxylic acids is 1. The molecule has 1 aliphatic carbocycles. The van der Waals surface area contributed by atoms with Crippen molar-refractivity contribution in [1.29, 1.82) is 0 Å². The van der Waals surface area contributed by atoms with Gasteiger partial charge in [0.05, 0.1) is 5.56 Å². The van der Waals surface area contributed by atoms with Crippen molar-refractivity contribution < 1.29 is 9.18 Å². The van der Waals surface area contributed by atoms with Gasteiger partial charge in [0, 0.05) is 10.9 Å². The summed E-state index contributed by atoms with van der Waals surface area (Å²) in [6, 6.07) is 4.26. The minimum Gasteiger partial charge on any atom is -0.294 e. The van der Waals surface area contributed by atoms with E-state index in [4.69, 9.17) is 11.6 Å². The fraction of sp³-hybridized carbons (Fsp3) is 0.462. The zero-order chi connectivity index (χ0) is 11.7. The third kappa shape index (κ3) is 2.27. The Labute approximate surface area is 99.6 Å². The van der Waals surface area contributed by atoms with E-state index in [-0.39, 0.29) is 17.3 Å². The van der Waals surface area contributed by atoms with Crippen LogP contribution in [0.15, 0.2) is 18.2 Å². The Hall–Kier alpha value is -0.890. The van der Waals surface area contributed by atoms with Gasteiger partial charge in [-0.05, 0) is 43.4 Å². The molecule has 2 rings (SSSR count). The molecule has 1 aliphatic rings. The largest absolute Gasteiger partial charge is 0.294 e. The van der Waals surface area contributed by atoms with Gasteiger partial charge in [-0.25, -0.2) is 4.39 Å². The van der Waals surface area contributed by atoms with Gasteiger partial charge in [-0.15, -0.1) is 0 Å². The molecule has 0 bridgehead atoms. The second-order valence-corrected chi connectivity index (χ2v) is 5.04. The van der Waals surface area contributed by atoms with Gasteiger partial charge in [0.1, 0.15) is 5.82 Å². The van der Waals surface area contributed by atoms with E-state index in [1.54, 1.807) is 6.07 Å². The van der Waals surface area contributed by atoms with E-state index in [1.165, 1.54) is 12.1 Å². The van der Waals surface area contributed by atoms with Crippen molar-refractivity contribution in [3.05, 3.63) is 34.6 Å². The lowest BCUT2D eigenvalue weighted by molar-refractivity contribution is 0.0916. The quantitative estimate of drug-likeness (QED) is 0.712. The third-order valence-corrected chi connectivity index (χ3v) is 3.50. The maximum Gasteiger partial charge on any atom is 0.168 e. The van der Waals surface area contributed by atoms with E-state index in [2.05, 4.69) is 6.92 Å². The van der Waals surface area contributed by atoms with E-state index >= 15 is 0 Å². The van der Waals surface area contributed by atoms with Crippen molar-refractivity contribution in [3.63, 3.8) is 0 Å². The highest BCUT2D eigenvalue weighted by molar-refractivity contribution is 6.30. The van der Waals surface area contributed by atoms with Crippen molar-refractivity contribution in [2.45, 2.75) is 26.2 Å². The smallest absolute Gasteiger partial charge is 0.168 e. The predicted octanol–water partition coefficient (Wildman–Crippen LogP) is 4.10. The first kappa shape index (κ1) is 11.6. The van der Waals surface area contributed by atoms with Crippen molar-refractivity contribution in [2.75, 3.05) is 0 Å². The van der Waals surface area contributed by atoms with E-state index in [9.17, 15) is 9.18 Å². The Balaban J connectivity index is 2.21. The summed E-state index contributed by atoms with van der Waals surface area (Å²) in [5.74, 6) is -0.00874. The molecule has 0 radical (unpaired) electrons. The molecule has 0 amide bonds. The third-order valence-electron chi connectivity index (χ3n) is 3.26. The molecule has 0 saturated heterocycles. The lowest BCUT2D eigenvalue weighted by Crippen LogP contribution is -2.13. The standard InChI is InChI=1S/C13H14ClFO/c1-8-2-3-9(6-8)13(16)11-5-4-10(14)7-12(11)15/h4-5,7-9H,2-3,6H2,1H3. The zero-order valence-electron chi connectivity index (χ0n) is 9.17. The van der Waals surface area contributed by atoms with Crippen molar-refractivity contribution in [2.24, 2.45) is 11.8 Å². The maximum absolute atomic E-state index is 13.5. The molecule has 1 saturated carbocycles. The maximum atomic E-state index is 13.5. The Kier molecular flexibility index (Phi) is 3.29. The molecule has 1 fully saturated rings. The van der Waals surface area contributed by atoms with Crippen molar-refractivity contribution in [1.82, 2.24) is 0 Å². The normalized spacial score (nSPS) is 24.7. The number of ketones is 1. The van der Waals surface area contributed by atoms with Gasteiger partial charge in [-0.1, -0.05) is 18.5 Å². The van der Waals surface area contributed by atoms with Crippen LogP contribution in [0.25, 0.3) is 0 Å². The van der Waals surface area contributed by atoms with Crippen LogP contribution in [0.5, 0.6) is 0 Å². The molecule has 16 heavy (non-hydrogen) atoms. The van der Waals surface area contributed by atoms with Crippen LogP contribution < -0.4 is 0 Å². The van der Waals surface area contributed by atoms with Gasteiger partial charge < -0.3 is 0 Å². The van der Waals surface area contributed by atoms with Crippen LogP contribution in [0.1, 0.15) is 36.5 Å². The SMILES string of the molecule is CC1CCC(C(=O)c2ccc(Cl)cc2F)C1. The minimum atomic E-state index is -0.503. The first-order chi connectivity index (χ1) is 7.58. The summed E-state index contributed by atoms with van der Waals surface area (Å²) in [5, 5.41) is 0.328. The molecule has 0 aromatic heterocycles. The lowest BCUT2D eigenvalue weighted by Gasteiger charge is -2.09. The van der Waals surface area contributed by atoms with Crippen LogP contribution in [-0.2, 0) is 0 Å².